The molecule has 1 nitrogen and oxygen atoms in total. The molecule has 2 aliphatic carbocycles. The van der Waals surface area contributed by atoms with Gasteiger partial charge in [0.2, 0.25) is 0 Å². The minimum absolute atomic E-state index is 0.347. The summed E-state index contributed by atoms with van der Waals surface area (Å²) in [6.07, 6.45) is 11.3. The zero-order chi connectivity index (χ0) is 9.26. The lowest BCUT2D eigenvalue weighted by Gasteiger charge is -2.27. The second kappa shape index (κ2) is 3.72. The van der Waals surface area contributed by atoms with E-state index in [2.05, 4.69) is 18.2 Å². The SMILES string of the molecule is C#CC(NCC)C1CC2CCC1C2. The van der Waals surface area contributed by atoms with Crippen molar-refractivity contribution in [2.75, 3.05) is 6.54 Å². The summed E-state index contributed by atoms with van der Waals surface area (Å²) >= 11 is 0. The van der Waals surface area contributed by atoms with Crippen LogP contribution in [0.5, 0.6) is 0 Å². The minimum Gasteiger partial charge on any atom is -0.304 e. The lowest BCUT2D eigenvalue weighted by Crippen LogP contribution is -2.37. The molecule has 72 valence electrons. The van der Waals surface area contributed by atoms with Crippen LogP contribution in [0.2, 0.25) is 0 Å². The van der Waals surface area contributed by atoms with E-state index < -0.39 is 0 Å². The Morgan fingerprint density at radius 2 is 2.31 bits per heavy atom. The molecular formula is C12H19N. The zero-order valence-corrected chi connectivity index (χ0v) is 8.42. The predicted molar refractivity (Wildman–Crippen MR) is 55.2 cm³/mol. The van der Waals surface area contributed by atoms with Crippen LogP contribution in [-0.2, 0) is 0 Å². The smallest absolute Gasteiger partial charge is 0.0718 e. The highest BCUT2D eigenvalue weighted by Crippen LogP contribution is 2.49. The van der Waals surface area contributed by atoms with Gasteiger partial charge in [0.15, 0.2) is 0 Å². The van der Waals surface area contributed by atoms with Gasteiger partial charge in [-0.1, -0.05) is 19.3 Å². The van der Waals surface area contributed by atoms with Gasteiger partial charge < -0.3 is 5.32 Å². The maximum absolute atomic E-state index is 5.56. The van der Waals surface area contributed by atoms with Gasteiger partial charge in [-0.3, -0.25) is 0 Å². The summed E-state index contributed by atoms with van der Waals surface area (Å²) in [5.41, 5.74) is 0. The van der Waals surface area contributed by atoms with Gasteiger partial charge in [-0.2, -0.15) is 0 Å². The molecule has 2 bridgehead atoms. The lowest BCUT2D eigenvalue weighted by atomic mass is 9.83. The van der Waals surface area contributed by atoms with Crippen LogP contribution in [0.15, 0.2) is 0 Å². The number of rotatable bonds is 3. The van der Waals surface area contributed by atoms with E-state index in [1.54, 1.807) is 0 Å². The molecule has 4 atom stereocenters. The zero-order valence-electron chi connectivity index (χ0n) is 8.42. The van der Waals surface area contributed by atoms with E-state index in [-0.39, 0.29) is 0 Å². The van der Waals surface area contributed by atoms with Gasteiger partial charge in [-0.15, -0.1) is 6.42 Å². The Kier molecular flexibility index (Phi) is 2.60. The average molecular weight is 177 g/mol. The van der Waals surface area contributed by atoms with Gasteiger partial charge >= 0.3 is 0 Å². The maximum Gasteiger partial charge on any atom is 0.0718 e. The summed E-state index contributed by atoms with van der Waals surface area (Å²) in [5.74, 6) is 5.64. The number of fused-ring (bicyclic) bond motifs is 2. The Morgan fingerprint density at radius 1 is 1.46 bits per heavy atom. The summed E-state index contributed by atoms with van der Waals surface area (Å²) in [4.78, 5) is 0. The van der Waals surface area contributed by atoms with Gasteiger partial charge in [0.25, 0.3) is 0 Å². The highest BCUT2D eigenvalue weighted by atomic mass is 14.9. The van der Waals surface area contributed by atoms with Gasteiger partial charge in [0, 0.05) is 0 Å². The summed E-state index contributed by atoms with van der Waals surface area (Å²) in [7, 11) is 0. The monoisotopic (exact) mass is 177 g/mol. The van der Waals surface area contributed by atoms with E-state index in [1.807, 2.05) is 0 Å². The van der Waals surface area contributed by atoms with Crippen molar-refractivity contribution in [3.05, 3.63) is 0 Å². The molecule has 0 aromatic heterocycles. The molecule has 0 radical (unpaired) electrons. The quantitative estimate of drug-likeness (QED) is 0.650. The highest BCUT2D eigenvalue weighted by Gasteiger charge is 2.42. The van der Waals surface area contributed by atoms with Crippen molar-refractivity contribution in [2.24, 2.45) is 17.8 Å². The summed E-state index contributed by atoms with van der Waals surface area (Å²) in [6.45, 7) is 3.14. The van der Waals surface area contributed by atoms with E-state index in [9.17, 15) is 0 Å². The second-order valence-electron chi connectivity index (χ2n) is 4.54. The van der Waals surface area contributed by atoms with Crippen molar-refractivity contribution in [3.63, 3.8) is 0 Å². The Bertz CT molecular complexity index is 216. The first-order valence-corrected chi connectivity index (χ1v) is 5.54. The summed E-state index contributed by atoms with van der Waals surface area (Å²) in [6, 6.07) is 0.347. The Hall–Kier alpha value is -0.480. The number of nitrogens with one attached hydrogen (secondary N) is 1. The normalized spacial score (nSPS) is 38.9. The fourth-order valence-electron chi connectivity index (χ4n) is 3.26. The standard InChI is InChI=1S/C12H19N/c1-3-12(13-4-2)11-8-9-5-6-10(11)7-9/h1,9-13H,4-8H2,2H3. The molecule has 0 spiro atoms. The molecule has 2 saturated carbocycles. The van der Waals surface area contributed by atoms with Crippen molar-refractivity contribution in [1.29, 1.82) is 0 Å². The summed E-state index contributed by atoms with van der Waals surface area (Å²) < 4.78 is 0. The fourth-order valence-corrected chi connectivity index (χ4v) is 3.26. The molecule has 0 amide bonds. The third-order valence-electron chi connectivity index (χ3n) is 3.82. The summed E-state index contributed by atoms with van der Waals surface area (Å²) in [5, 5.41) is 3.42. The molecule has 1 N–H and O–H groups in total. The largest absolute Gasteiger partial charge is 0.304 e. The third kappa shape index (κ3) is 1.60. The van der Waals surface area contributed by atoms with Gasteiger partial charge in [-0.05, 0) is 43.6 Å². The van der Waals surface area contributed by atoms with Crippen molar-refractivity contribution in [1.82, 2.24) is 5.32 Å². The van der Waals surface area contributed by atoms with Crippen LogP contribution in [0.1, 0.15) is 32.6 Å². The second-order valence-corrected chi connectivity index (χ2v) is 4.54. The molecule has 13 heavy (non-hydrogen) atoms. The van der Waals surface area contributed by atoms with Crippen molar-refractivity contribution in [2.45, 2.75) is 38.6 Å². The van der Waals surface area contributed by atoms with E-state index >= 15 is 0 Å². The molecule has 0 heterocycles. The Balaban J connectivity index is 1.97. The molecule has 2 aliphatic rings. The molecule has 0 aromatic rings. The van der Waals surface area contributed by atoms with Crippen LogP contribution in [0.25, 0.3) is 0 Å². The Labute approximate surface area is 81.3 Å². The molecule has 0 aliphatic heterocycles. The predicted octanol–water partition coefficient (Wildman–Crippen LogP) is 2.03. The average Bonchev–Trinajstić information content (AvgIpc) is 2.74. The molecule has 2 rings (SSSR count). The van der Waals surface area contributed by atoms with Crippen LogP contribution in [0.4, 0.5) is 0 Å². The number of hydrogen-bond acceptors (Lipinski definition) is 1. The van der Waals surface area contributed by atoms with Crippen LogP contribution in [0.3, 0.4) is 0 Å². The molecular weight excluding hydrogens is 158 g/mol. The Morgan fingerprint density at radius 3 is 2.77 bits per heavy atom. The first kappa shape index (κ1) is 9.09. The molecule has 0 aromatic carbocycles. The van der Waals surface area contributed by atoms with E-state index in [0.717, 1.165) is 24.3 Å². The van der Waals surface area contributed by atoms with E-state index in [1.165, 1.54) is 25.7 Å². The van der Waals surface area contributed by atoms with Crippen LogP contribution < -0.4 is 5.32 Å². The van der Waals surface area contributed by atoms with Crippen LogP contribution >= 0.6 is 0 Å². The fraction of sp³-hybridized carbons (Fsp3) is 0.833. The van der Waals surface area contributed by atoms with Crippen molar-refractivity contribution in [3.8, 4) is 12.3 Å². The lowest BCUT2D eigenvalue weighted by molar-refractivity contribution is 0.286. The molecule has 4 unspecified atom stereocenters. The molecule has 1 heteroatoms. The van der Waals surface area contributed by atoms with Gasteiger partial charge in [0.05, 0.1) is 6.04 Å². The van der Waals surface area contributed by atoms with Crippen LogP contribution in [-0.4, -0.2) is 12.6 Å². The first-order valence-electron chi connectivity index (χ1n) is 5.54. The van der Waals surface area contributed by atoms with Crippen molar-refractivity contribution < 1.29 is 0 Å². The topological polar surface area (TPSA) is 12.0 Å². The van der Waals surface area contributed by atoms with E-state index in [4.69, 9.17) is 6.42 Å². The minimum atomic E-state index is 0.347. The number of hydrogen-bond donors (Lipinski definition) is 1. The van der Waals surface area contributed by atoms with Gasteiger partial charge in [0.1, 0.15) is 0 Å². The molecule has 2 fully saturated rings. The highest BCUT2D eigenvalue weighted by molar-refractivity contribution is 5.07. The number of terminal acetylenes is 1. The third-order valence-corrected chi connectivity index (χ3v) is 3.82. The van der Waals surface area contributed by atoms with Crippen molar-refractivity contribution >= 4 is 0 Å². The van der Waals surface area contributed by atoms with Crippen LogP contribution in [0, 0.1) is 30.1 Å². The first-order chi connectivity index (χ1) is 6.35. The maximum atomic E-state index is 5.56. The molecule has 0 saturated heterocycles. The van der Waals surface area contributed by atoms with Gasteiger partial charge in [-0.25, -0.2) is 0 Å². The van der Waals surface area contributed by atoms with E-state index in [0.29, 0.717) is 6.04 Å².